The summed E-state index contributed by atoms with van der Waals surface area (Å²) in [7, 11) is 1.66. The van der Waals surface area contributed by atoms with Crippen LogP contribution < -0.4 is 21.5 Å². The number of methoxy groups -OCH3 is 1. The average Bonchev–Trinajstić information content (AvgIpc) is 3.09. The van der Waals surface area contributed by atoms with E-state index < -0.39 is 0 Å². The summed E-state index contributed by atoms with van der Waals surface area (Å²) in [5.41, 5.74) is 13.4. The molecule has 0 aromatic heterocycles. The first kappa shape index (κ1) is 18.3. The zero-order valence-electron chi connectivity index (χ0n) is 14.4. The average molecular weight is 369 g/mol. The van der Waals surface area contributed by atoms with E-state index in [2.05, 4.69) is 10.2 Å². The molecule has 2 aliphatic heterocycles. The van der Waals surface area contributed by atoms with Gasteiger partial charge in [0.25, 0.3) is 5.91 Å². The normalized spacial score (nSPS) is 23.2. The highest BCUT2D eigenvalue weighted by Gasteiger charge is 2.32. The lowest BCUT2D eigenvalue weighted by Gasteiger charge is -2.38. The lowest BCUT2D eigenvalue weighted by Crippen LogP contribution is -2.55. The van der Waals surface area contributed by atoms with Gasteiger partial charge in [-0.15, -0.1) is 0 Å². The van der Waals surface area contributed by atoms with E-state index >= 15 is 0 Å². The number of nitrogens with zero attached hydrogens (tertiary/aromatic N) is 1. The summed E-state index contributed by atoms with van der Waals surface area (Å²) in [6, 6.07) is 1.52. The highest BCUT2D eigenvalue weighted by atomic mass is 35.5. The Bertz CT molecular complexity index is 655. The highest BCUT2D eigenvalue weighted by molar-refractivity contribution is 6.33. The van der Waals surface area contributed by atoms with Crippen molar-refractivity contribution in [1.82, 2.24) is 10.2 Å². The number of hydrogen-bond acceptors (Lipinski definition) is 6. The van der Waals surface area contributed by atoms with E-state index in [4.69, 9.17) is 32.5 Å². The van der Waals surface area contributed by atoms with Crippen molar-refractivity contribution in [3.8, 4) is 5.75 Å². The molecule has 1 saturated heterocycles. The van der Waals surface area contributed by atoms with Crippen molar-refractivity contribution in [2.24, 2.45) is 5.73 Å². The Labute approximate surface area is 152 Å². The summed E-state index contributed by atoms with van der Waals surface area (Å²) in [5, 5.41) is 3.46. The molecule has 2 atom stereocenters. The Balaban J connectivity index is 1.75. The molecule has 0 bridgehead atoms. The number of fused-ring (bicyclic) bond motifs is 1. The zero-order chi connectivity index (χ0) is 18.0. The minimum absolute atomic E-state index is 0.0695. The molecule has 1 aromatic rings. The van der Waals surface area contributed by atoms with E-state index in [0.717, 1.165) is 31.6 Å². The zero-order valence-corrected chi connectivity index (χ0v) is 15.1. The van der Waals surface area contributed by atoms with Gasteiger partial charge in [-0.3, -0.25) is 9.69 Å². The molecule has 3 rings (SSSR count). The molecule has 1 fully saturated rings. The molecule has 25 heavy (non-hydrogen) atoms. The third-order valence-electron chi connectivity index (χ3n) is 4.92. The van der Waals surface area contributed by atoms with Gasteiger partial charge in [0.1, 0.15) is 5.75 Å². The van der Waals surface area contributed by atoms with Crippen LogP contribution >= 0.6 is 11.6 Å². The van der Waals surface area contributed by atoms with Gasteiger partial charge in [-0.05, 0) is 12.5 Å². The second-order valence-electron chi connectivity index (χ2n) is 6.46. The molecule has 0 saturated carbocycles. The van der Waals surface area contributed by atoms with Gasteiger partial charge in [0.05, 0.1) is 35.0 Å². The molecule has 2 aliphatic rings. The van der Waals surface area contributed by atoms with E-state index in [1.165, 1.54) is 0 Å². The number of nitrogens with one attached hydrogen (secondary N) is 1. The Morgan fingerprint density at radius 1 is 1.56 bits per heavy atom. The van der Waals surface area contributed by atoms with Gasteiger partial charge in [-0.2, -0.15) is 0 Å². The number of likely N-dealkylation sites (tertiary alicyclic amines) is 1. The fourth-order valence-electron chi connectivity index (χ4n) is 3.55. The molecule has 0 radical (unpaired) electrons. The first-order valence-corrected chi connectivity index (χ1v) is 8.92. The summed E-state index contributed by atoms with van der Waals surface area (Å²) in [5.74, 6) is 0.341. The van der Waals surface area contributed by atoms with E-state index in [1.807, 2.05) is 0 Å². The van der Waals surface area contributed by atoms with Crippen LogP contribution in [-0.2, 0) is 11.2 Å². The van der Waals surface area contributed by atoms with Gasteiger partial charge >= 0.3 is 0 Å². The van der Waals surface area contributed by atoms with Crippen LogP contribution in [0.5, 0.6) is 5.75 Å². The molecule has 1 aromatic carbocycles. The SMILES string of the molecule is CO[C@H]1CN(CCN)CC[C@H]1NC(=O)c1cc(Cl)c(N)c2c1OCC2. The van der Waals surface area contributed by atoms with Crippen molar-refractivity contribution in [2.75, 3.05) is 45.6 Å². The Kier molecular flexibility index (Phi) is 5.68. The molecule has 0 spiro atoms. The van der Waals surface area contributed by atoms with Gasteiger partial charge in [0, 0.05) is 45.3 Å². The fourth-order valence-corrected chi connectivity index (χ4v) is 3.78. The summed E-state index contributed by atoms with van der Waals surface area (Å²) in [4.78, 5) is 15.1. The first-order chi connectivity index (χ1) is 12.0. The maximum Gasteiger partial charge on any atom is 0.255 e. The van der Waals surface area contributed by atoms with Crippen LogP contribution in [0.15, 0.2) is 6.07 Å². The molecular formula is C17H25ClN4O3. The number of hydrogen-bond donors (Lipinski definition) is 3. The van der Waals surface area contributed by atoms with Crippen molar-refractivity contribution in [3.63, 3.8) is 0 Å². The third-order valence-corrected chi connectivity index (χ3v) is 5.24. The fraction of sp³-hybridized carbons (Fsp3) is 0.588. The Hall–Kier alpha value is -1.54. The monoisotopic (exact) mass is 368 g/mol. The number of nitrogen functional groups attached to an aromatic ring is 1. The van der Waals surface area contributed by atoms with Crippen LogP contribution in [0.25, 0.3) is 0 Å². The van der Waals surface area contributed by atoms with Gasteiger partial charge in [-0.1, -0.05) is 11.6 Å². The highest BCUT2D eigenvalue weighted by Crippen LogP contribution is 2.38. The predicted molar refractivity (Wildman–Crippen MR) is 97.2 cm³/mol. The van der Waals surface area contributed by atoms with E-state index in [-0.39, 0.29) is 18.1 Å². The number of nitrogens with two attached hydrogens (primary N) is 2. The lowest BCUT2D eigenvalue weighted by molar-refractivity contribution is 0.00735. The standard InChI is InChI=1S/C17H25ClN4O3/c1-24-14-9-22(6-4-19)5-2-13(14)21-17(23)11-8-12(18)15(20)10-3-7-25-16(10)11/h8,13-14H,2-7,9,19-20H2,1H3,(H,21,23)/t13-,14+/m1/s1. The summed E-state index contributed by atoms with van der Waals surface area (Å²) in [6.45, 7) is 3.57. The van der Waals surface area contributed by atoms with Crippen molar-refractivity contribution >= 4 is 23.2 Å². The second-order valence-corrected chi connectivity index (χ2v) is 6.87. The van der Waals surface area contributed by atoms with Crippen molar-refractivity contribution in [1.29, 1.82) is 0 Å². The van der Waals surface area contributed by atoms with Crippen LogP contribution in [0.4, 0.5) is 5.69 Å². The number of piperidine rings is 1. The quantitative estimate of drug-likeness (QED) is 0.659. The smallest absolute Gasteiger partial charge is 0.255 e. The van der Waals surface area contributed by atoms with Crippen molar-refractivity contribution in [3.05, 3.63) is 22.2 Å². The van der Waals surface area contributed by atoms with Crippen LogP contribution in [0.1, 0.15) is 22.3 Å². The number of ether oxygens (including phenoxy) is 2. The largest absolute Gasteiger partial charge is 0.492 e. The molecule has 0 aliphatic carbocycles. The summed E-state index contributed by atoms with van der Waals surface area (Å²) in [6.07, 6.45) is 1.39. The molecule has 7 nitrogen and oxygen atoms in total. The molecule has 2 heterocycles. The van der Waals surface area contributed by atoms with Crippen LogP contribution in [-0.4, -0.2) is 62.8 Å². The Morgan fingerprint density at radius 3 is 3.08 bits per heavy atom. The van der Waals surface area contributed by atoms with E-state index in [9.17, 15) is 4.79 Å². The van der Waals surface area contributed by atoms with Gasteiger partial charge in [0.15, 0.2) is 0 Å². The van der Waals surface area contributed by atoms with Gasteiger partial charge < -0.3 is 26.3 Å². The number of rotatable bonds is 5. The number of halogens is 1. The van der Waals surface area contributed by atoms with Crippen LogP contribution in [0.3, 0.4) is 0 Å². The lowest BCUT2D eigenvalue weighted by atomic mass is 10.00. The Morgan fingerprint density at radius 2 is 2.36 bits per heavy atom. The van der Waals surface area contributed by atoms with Crippen LogP contribution in [0.2, 0.25) is 5.02 Å². The molecule has 0 unspecified atom stereocenters. The van der Waals surface area contributed by atoms with Crippen LogP contribution in [0, 0.1) is 0 Å². The molecule has 5 N–H and O–H groups in total. The minimum atomic E-state index is -0.209. The van der Waals surface area contributed by atoms with E-state index in [0.29, 0.717) is 41.6 Å². The molecule has 138 valence electrons. The maximum atomic E-state index is 12.8. The summed E-state index contributed by atoms with van der Waals surface area (Å²) >= 11 is 6.19. The molecular weight excluding hydrogens is 344 g/mol. The number of amides is 1. The van der Waals surface area contributed by atoms with Crippen molar-refractivity contribution < 1.29 is 14.3 Å². The molecule has 8 heteroatoms. The number of carbonyl (C=O) groups excluding carboxylic acids is 1. The van der Waals surface area contributed by atoms with Crippen molar-refractivity contribution in [2.45, 2.75) is 25.0 Å². The van der Waals surface area contributed by atoms with Gasteiger partial charge in [0.2, 0.25) is 0 Å². The van der Waals surface area contributed by atoms with E-state index in [1.54, 1.807) is 13.2 Å². The predicted octanol–water partition coefficient (Wildman–Crippen LogP) is 0.635. The number of benzene rings is 1. The first-order valence-electron chi connectivity index (χ1n) is 8.54. The topological polar surface area (TPSA) is 103 Å². The minimum Gasteiger partial charge on any atom is -0.492 e. The number of carbonyl (C=O) groups is 1. The summed E-state index contributed by atoms with van der Waals surface area (Å²) < 4.78 is 11.2. The molecule has 1 amide bonds. The third kappa shape index (κ3) is 3.69. The maximum absolute atomic E-state index is 12.8. The number of anilines is 1. The van der Waals surface area contributed by atoms with Gasteiger partial charge in [-0.25, -0.2) is 0 Å². The second kappa shape index (κ2) is 7.78.